The summed E-state index contributed by atoms with van der Waals surface area (Å²) in [6, 6.07) is 8.18. The van der Waals surface area contributed by atoms with Gasteiger partial charge in [0.2, 0.25) is 5.95 Å². The summed E-state index contributed by atoms with van der Waals surface area (Å²) in [5.41, 5.74) is 1.51. The molecule has 5 rings (SSSR count). The van der Waals surface area contributed by atoms with Crippen LogP contribution in [0.3, 0.4) is 0 Å². The highest BCUT2D eigenvalue weighted by atomic mass is 19.1. The largest absolute Gasteiger partial charge is 0.497 e. The number of halogens is 1. The van der Waals surface area contributed by atoms with Gasteiger partial charge in [0.05, 0.1) is 26.5 Å². The quantitative estimate of drug-likeness (QED) is 0.795. The molecule has 148 valence electrons. The van der Waals surface area contributed by atoms with Crippen LogP contribution in [0.5, 0.6) is 5.75 Å². The van der Waals surface area contributed by atoms with Gasteiger partial charge in [0.1, 0.15) is 5.75 Å². The minimum Gasteiger partial charge on any atom is -0.497 e. The molecule has 1 spiro atoms. The first-order chi connectivity index (χ1) is 13.7. The van der Waals surface area contributed by atoms with Gasteiger partial charge in [-0.05, 0) is 24.3 Å². The number of rotatable bonds is 4. The van der Waals surface area contributed by atoms with E-state index in [0.29, 0.717) is 38.1 Å². The normalized spacial score (nSPS) is 20.7. The van der Waals surface area contributed by atoms with Crippen LogP contribution < -0.4 is 19.4 Å². The zero-order valence-electron chi connectivity index (χ0n) is 16.0. The summed E-state index contributed by atoms with van der Waals surface area (Å²) in [6.07, 6.45) is 1.29. The van der Waals surface area contributed by atoms with E-state index in [1.807, 2.05) is 17.0 Å². The van der Waals surface area contributed by atoms with Crippen molar-refractivity contribution < 1.29 is 13.9 Å². The molecule has 0 atom stereocenters. The van der Waals surface area contributed by atoms with Gasteiger partial charge < -0.3 is 24.2 Å². The first-order valence-corrected chi connectivity index (χ1v) is 9.65. The van der Waals surface area contributed by atoms with Gasteiger partial charge in [0, 0.05) is 50.4 Å². The molecule has 0 bridgehead atoms. The zero-order valence-corrected chi connectivity index (χ0v) is 16.0. The first-order valence-electron chi connectivity index (χ1n) is 9.65. The van der Waals surface area contributed by atoms with Gasteiger partial charge in [-0.25, -0.2) is 9.37 Å². The molecule has 1 aromatic carbocycles. The Balaban J connectivity index is 1.21. The van der Waals surface area contributed by atoms with Crippen molar-refractivity contribution in [1.82, 2.24) is 9.97 Å². The zero-order chi connectivity index (χ0) is 19.1. The number of ether oxygens (including phenoxy) is 2. The van der Waals surface area contributed by atoms with E-state index < -0.39 is 0 Å². The number of morpholine rings is 1. The van der Waals surface area contributed by atoms with Crippen LogP contribution in [-0.2, 0) is 4.74 Å². The van der Waals surface area contributed by atoms with Gasteiger partial charge in [-0.2, -0.15) is 4.98 Å². The third-order valence-electron chi connectivity index (χ3n) is 5.85. The first kappa shape index (κ1) is 17.5. The van der Waals surface area contributed by atoms with Gasteiger partial charge in [-0.3, -0.25) is 0 Å². The highest BCUT2D eigenvalue weighted by Crippen LogP contribution is 2.43. The van der Waals surface area contributed by atoms with Crippen molar-refractivity contribution in [2.75, 3.05) is 74.3 Å². The molecule has 0 radical (unpaired) electrons. The molecule has 3 fully saturated rings. The van der Waals surface area contributed by atoms with Crippen molar-refractivity contribution in [2.45, 2.75) is 0 Å². The molecule has 0 saturated carbocycles. The maximum Gasteiger partial charge on any atom is 0.227 e. The molecule has 3 aliphatic heterocycles. The number of nitrogens with zero attached hydrogens (tertiary/aromatic N) is 5. The average molecular weight is 385 g/mol. The predicted molar refractivity (Wildman–Crippen MR) is 105 cm³/mol. The number of methoxy groups -OCH3 is 1. The van der Waals surface area contributed by atoms with Crippen molar-refractivity contribution in [1.29, 1.82) is 0 Å². The summed E-state index contributed by atoms with van der Waals surface area (Å²) in [4.78, 5) is 15.2. The maximum absolute atomic E-state index is 14.2. The minimum atomic E-state index is -0.366. The SMILES string of the molecule is COc1ccc(N2CC3(C2)CN(c2ncc(F)c(N4CCOCC4)n2)C3)cc1. The lowest BCUT2D eigenvalue weighted by Gasteiger charge is -2.61. The molecule has 0 amide bonds. The molecule has 2 aromatic rings. The highest BCUT2D eigenvalue weighted by Gasteiger charge is 2.52. The average Bonchev–Trinajstić information content (AvgIpc) is 2.68. The lowest BCUT2D eigenvalue weighted by molar-refractivity contribution is 0.122. The fourth-order valence-electron chi connectivity index (χ4n) is 4.34. The number of benzene rings is 1. The molecule has 0 N–H and O–H groups in total. The smallest absolute Gasteiger partial charge is 0.227 e. The molecule has 7 nitrogen and oxygen atoms in total. The van der Waals surface area contributed by atoms with E-state index in [9.17, 15) is 4.39 Å². The van der Waals surface area contributed by atoms with Crippen LogP contribution in [0, 0.1) is 11.2 Å². The monoisotopic (exact) mass is 385 g/mol. The Labute approximate surface area is 163 Å². The molecule has 0 unspecified atom stereocenters. The molecular formula is C20H24FN5O2. The molecule has 1 aromatic heterocycles. The number of hydrogen-bond donors (Lipinski definition) is 0. The lowest BCUT2D eigenvalue weighted by Crippen LogP contribution is -2.72. The molecule has 3 aliphatic rings. The van der Waals surface area contributed by atoms with Crippen molar-refractivity contribution in [3.63, 3.8) is 0 Å². The van der Waals surface area contributed by atoms with Crippen LogP contribution in [0.15, 0.2) is 30.5 Å². The summed E-state index contributed by atoms with van der Waals surface area (Å²) in [5, 5.41) is 0. The van der Waals surface area contributed by atoms with Gasteiger partial charge in [-0.1, -0.05) is 0 Å². The van der Waals surface area contributed by atoms with Crippen LogP contribution >= 0.6 is 0 Å². The van der Waals surface area contributed by atoms with Gasteiger partial charge in [-0.15, -0.1) is 0 Å². The van der Waals surface area contributed by atoms with E-state index in [-0.39, 0.29) is 11.2 Å². The van der Waals surface area contributed by atoms with Gasteiger partial charge >= 0.3 is 0 Å². The Morgan fingerprint density at radius 1 is 1.00 bits per heavy atom. The van der Waals surface area contributed by atoms with E-state index in [1.54, 1.807) is 7.11 Å². The number of aromatic nitrogens is 2. The lowest BCUT2D eigenvalue weighted by atomic mass is 9.72. The molecule has 0 aliphatic carbocycles. The van der Waals surface area contributed by atoms with Crippen LogP contribution in [0.4, 0.5) is 21.8 Å². The van der Waals surface area contributed by atoms with Crippen molar-refractivity contribution in [3.8, 4) is 5.75 Å². The second-order valence-electron chi connectivity index (χ2n) is 7.85. The molecular weight excluding hydrogens is 361 g/mol. The molecule has 3 saturated heterocycles. The summed E-state index contributed by atoms with van der Waals surface area (Å²) in [6.45, 7) is 6.39. The third kappa shape index (κ3) is 3.01. The van der Waals surface area contributed by atoms with Crippen LogP contribution in [0.1, 0.15) is 0 Å². The highest BCUT2D eigenvalue weighted by molar-refractivity contribution is 5.55. The topological polar surface area (TPSA) is 54.0 Å². The molecule has 8 heteroatoms. The summed E-state index contributed by atoms with van der Waals surface area (Å²) < 4.78 is 24.8. The Morgan fingerprint density at radius 3 is 2.36 bits per heavy atom. The van der Waals surface area contributed by atoms with E-state index in [4.69, 9.17) is 9.47 Å². The molecule has 4 heterocycles. The van der Waals surface area contributed by atoms with E-state index in [1.165, 1.54) is 11.9 Å². The van der Waals surface area contributed by atoms with Gasteiger partial charge in [0.25, 0.3) is 0 Å². The minimum absolute atomic E-state index is 0.288. The fraction of sp³-hybridized carbons (Fsp3) is 0.500. The Kier molecular flexibility index (Phi) is 4.23. The van der Waals surface area contributed by atoms with Crippen molar-refractivity contribution in [2.24, 2.45) is 5.41 Å². The second-order valence-corrected chi connectivity index (χ2v) is 7.85. The van der Waals surface area contributed by atoms with Crippen LogP contribution in [0.2, 0.25) is 0 Å². The van der Waals surface area contributed by atoms with E-state index in [2.05, 4.69) is 31.9 Å². The predicted octanol–water partition coefficient (Wildman–Crippen LogP) is 1.79. The Hall–Kier alpha value is -2.61. The van der Waals surface area contributed by atoms with Gasteiger partial charge in [0.15, 0.2) is 11.6 Å². The Bertz CT molecular complexity index is 842. The standard InChI is InChI=1S/C20H24FN5O2/c1-27-16-4-2-15(3-5-16)25-11-20(12-25)13-26(14-20)19-22-10-17(21)18(23-19)24-6-8-28-9-7-24/h2-5,10H,6-9,11-14H2,1H3. The molecule has 28 heavy (non-hydrogen) atoms. The summed E-state index contributed by atoms with van der Waals surface area (Å²) >= 11 is 0. The second kappa shape index (κ2) is 6.77. The van der Waals surface area contributed by atoms with Crippen LogP contribution in [0.25, 0.3) is 0 Å². The number of hydrogen-bond acceptors (Lipinski definition) is 7. The van der Waals surface area contributed by atoms with Crippen molar-refractivity contribution >= 4 is 17.5 Å². The Morgan fingerprint density at radius 2 is 1.68 bits per heavy atom. The fourth-order valence-corrected chi connectivity index (χ4v) is 4.34. The summed E-state index contributed by atoms with van der Waals surface area (Å²) in [7, 11) is 1.68. The number of anilines is 3. The third-order valence-corrected chi connectivity index (χ3v) is 5.85. The van der Waals surface area contributed by atoms with Crippen LogP contribution in [-0.4, -0.2) is 69.6 Å². The maximum atomic E-state index is 14.2. The summed E-state index contributed by atoms with van der Waals surface area (Å²) in [5.74, 6) is 1.52. The van der Waals surface area contributed by atoms with E-state index in [0.717, 1.165) is 31.9 Å². The van der Waals surface area contributed by atoms with Crippen molar-refractivity contribution in [3.05, 3.63) is 36.3 Å². The van der Waals surface area contributed by atoms with E-state index >= 15 is 0 Å².